The minimum absolute atomic E-state index is 0.0518. The van der Waals surface area contributed by atoms with E-state index in [1.54, 1.807) is 0 Å². The van der Waals surface area contributed by atoms with Gasteiger partial charge in [-0.3, -0.25) is 4.79 Å². The van der Waals surface area contributed by atoms with Crippen molar-refractivity contribution in [1.82, 2.24) is 5.32 Å². The van der Waals surface area contributed by atoms with Gasteiger partial charge in [-0.15, -0.1) is 0 Å². The van der Waals surface area contributed by atoms with Crippen LogP contribution in [0.5, 0.6) is 0 Å². The first-order valence-electron chi connectivity index (χ1n) is 4.22. The summed E-state index contributed by atoms with van der Waals surface area (Å²) in [4.78, 5) is 10.5. The summed E-state index contributed by atoms with van der Waals surface area (Å²) in [5.41, 5.74) is 0. The lowest BCUT2D eigenvalue weighted by atomic mass is 10.6. The molecule has 0 saturated carbocycles. The highest BCUT2D eigenvalue weighted by Crippen LogP contribution is 2.42. The number of rotatable bonds is 6. The summed E-state index contributed by atoms with van der Waals surface area (Å²) in [6.45, 7) is 6.79. The van der Waals surface area contributed by atoms with Crippen molar-refractivity contribution in [2.24, 2.45) is 0 Å². The minimum atomic E-state index is -1.90. The third kappa shape index (κ3) is 8.03. The van der Waals surface area contributed by atoms with Crippen LogP contribution < -0.4 is 5.32 Å². The van der Waals surface area contributed by atoms with Crippen LogP contribution >= 0.6 is 7.34 Å². The highest BCUT2D eigenvalue weighted by Gasteiger charge is 2.06. The summed E-state index contributed by atoms with van der Waals surface area (Å²) >= 11 is 0. The average Bonchev–Trinajstić information content (AvgIpc) is 1.98. The molecular formula is C8H18NO3P. The van der Waals surface area contributed by atoms with Gasteiger partial charge in [-0.1, -0.05) is 6.30 Å². The van der Waals surface area contributed by atoms with E-state index in [0.29, 0.717) is 19.8 Å². The van der Waals surface area contributed by atoms with Gasteiger partial charge in [-0.25, -0.2) is 0 Å². The van der Waals surface area contributed by atoms with Crippen LogP contribution in [0.1, 0.15) is 13.8 Å². The molecule has 0 rings (SSSR count). The Kier molecular flexibility index (Phi) is 6.04. The molecule has 0 fully saturated rings. The van der Waals surface area contributed by atoms with Crippen molar-refractivity contribution in [2.75, 3.05) is 26.4 Å². The number of hydrogen-bond donors (Lipinski definition) is 1. The Hall–Kier alpha value is -0.310. The lowest BCUT2D eigenvalue weighted by Gasteiger charge is -2.18. The topological polar surface area (TPSA) is 47.6 Å². The molecule has 0 spiro atoms. The zero-order chi connectivity index (χ0) is 10.3. The second kappa shape index (κ2) is 6.19. The van der Waals surface area contributed by atoms with Crippen LogP contribution in [-0.4, -0.2) is 38.6 Å². The van der Waals surface area contributed by atoms with Crippen LogP contribution in [0, 0.1) is 0 Å². The summed E-state index contributed by atoms with van der Waals surface area (Å²) in [6.07, 6.45) is 3.83. The molecular weight excluding hydrogens is 189 g/mol. The second-order valence-electron chi connectivity index (χ2n) is 2.75. The smallest absolute Gasteiger partial charge is 0.216 e. The number of amides is 1. The Morgan fingerprint density at radius 2 is 2.15 bits per heavy atom. The molecule has 0 aliphatic rings. The van der Waals surface area contributed by atoms with Gasteiger partial charge < -0.3 is 14.4 Å². The predicted molar refractivity (Wildman–Crippen MR) is 56.2 cm³/mol. The van der Waals surface area contributed by atoms with Gasteiger partial charge >= 0.3 is 0 Å². The molecule has 1 N–H and O–H groups in total. The summed E-state index contributed by atoms with van der Waals surface area (Å²) in [5.74, 6) is -0.0518. The average molecular weight is 207 g/mol. The monoisotopic (exact) mass is 207 g/mol. The van der Waals surface area contributed by atoms with Crippen molar-refractivity contribution < 1.29 is 13.8 Å². The minimum Gasteiger partial charge on any atom is -0.354 e. The van der Waals surface area contributed by atoms with E-state index < -0.39 is 7.34 Å². The first-order chi connectivity index (χ1) is 5.98. The fourth-order valence-electron chi connectivity index (χ4n) is 0.776. The van der Waals surface area contributed by atoms with Crippen LogP contribution in [-0.2, 0) is 13.8 Å². The van der Waals surface area contributed by atoms with Gasteiger partial charge in [-0.05, 0) is 6.92 Å². The van der Waals surface area contributed by atoms with Gasteiger partial charge in [0.05, 0.1) is 13.2 Å². The normalized spacial score (nSPS) is 15.0. The number of hydrogen-bond acceptors (Lipinski definition) is 3. The molecule has 0 aromatic rings. The quantitative estimate of drug-likeness (QED) is 0.523. The second-order valence-corrected chi connectivity index (χ2v) is 5.29. The first-order valence-corrected chi connectivity index (χ1v) is 6.48. The maximum Gasteiger partial charge on any atom is 0.216 e. The highest BCUT2D eigenvalue weighted by molar-refractivity contribution is 7.63. The molecule has 1 unspecified atom stereocenters. The molecule has 78 valence electrons. The number of carbonyl (C=O) groups is 1. The molecule has 13 heavy (non-hydrogen) atoms. The SMILES string of the molecule is C=P(C)(OCC)OCCNC(C)=O. The lowest BCUT2D eigenvalue weighted by Crippen LogP contribution is -2.24. The Morgan fingerprint density at radius 1 is 1.54 bits per heavy atom. The largest absolute Gasteiger partial charge is 0.354 e. The Balaban J connectivity index is 3.52. The first kappa shape index (κ1) is 12.7. The van der Waals surface area contributed by atoms with Gasteiger partial charge in [0.15, 0.2) is 0 Å². The molecule has 0 bridgehead atoms. The highest BCUT2D eigenvalue weighted by atomic mass is 31.2. The molecule has 0 saturated heterocycles. The van der Waals surface area contributed by atoms with Gasteiger partial charge in [0.1, 0.15) is 7.34 Å². The zero-order valence-electron chi connectivity index (χ0n) is 8.50. The number of carbonyl (C=O) groups excluding carboxylic acids is 1. The molecule has 0 aromatic heterocycles. The maximum atomic E-state index is 10.5. The summed E-state index contributed by atoms with van der Waals surface area (Å²) < 4.78 is 10.7. The summed E-state index contributed by atoms with van der Waals surface area (Å²) in [5, 5.41) is 2.63. The molecule has 1 atom stereocenters. The molecule has 0 aliphatic carbocycles. The van der Waals surface area contributed by atoms with E-state index in [-0.39, 0.29) is 5.91 Å². The van der Waals surface area contributed by atoms with E-state index >= 15 is 0 Å². The van der Waals surface area contributed by atoms with Gasteiger partial charge in [0.25, 0.3) is 0 Å². The lowest BCUT2D eigenvalue weighted by molar-refractivity contribution is -0.119. The van der Waals surface area contributed by atoms with Crippen molar-refractivity contribution in [2.45, 2.75) is 13.8 Å². The van der Waals surface area contributed by atoms with Crippen molar-refractivity contribution in [3.8, 4) is 0 Å². The Labute approximate surface area is 79.7 Å². The van der Waals surface area contributed by atoms with Crippen LogP contribution in [0.25, 0.3) is 0 Å². The molecule has 4 nitrogen and oxygen atoms in total. The van der Waals surface area contributed by atoms with Crippen LogP contribution in [0.3, 0.4) is 0 Å². The fourth-order valence-corrected chi connectivity index (χ4v) is 1.87. The molecule has 0 radical (unpaired) electrons. The third-order valence-electron chi connectivity index (χ3n) is 1.24. The van der Waals surface area contributed by atoms with Crippen molar-refractivity contribution >= 4 is 19.5 Å². The van der Waals surface area contributed by atoms with Gasteiger partial charge in [-0.2, -0.15) is 0 Å². The van der Waals surface area contributed by atoms with E-state index in [4.69, 9.17) is 9.05 Å². The van der Waals surface area contributed by atoms with Crippen molar-refractivity contribution in [1.29, 1.82) is 0 Å². The standard InChI is InChI=1S/C8H18NO3P/c1-5-11-13(3,4)12-7-6-9-8(2)10/h3,5-7H2,1-2,4H3,(H,9,10). The maximum absolute atomic E-state index is 10.5. The van der Waals surface area contributed by atoms with Crippen LogP contribution in [0.4, 0.5) is 0 Å². The van der Waals surface area contributed by atoms with Crippen molar-refractivity contribution in [3.63, 3.8) is 0 Å². The third-order valence-corrected chi connectivity index (χ3v) is 2.78. The van der Waals surface area contributed by atoms with E-state index in [9.17, 15) is 4.79 Å². The van der Waals surface area contributed by atoms with E-state index in [2.05, 4.69) is 11.6 Å². The van der Waals surface area contributed by atoms with E-state index in [1.807, 2.05) is 13.6 Å². The summed E-state index contributed by atoms with van der Waals surface area (Å²) in [7, 11) is -1.90. The zero-order valence-corrected chi connectivity index (χ0v) is 9.39. The van der Waals surface area contributed by atoms with Gasteiger partial charge in [0.2, 0.25) is 5.91 Å². The Morgan fingerprint density at radius 3 is 2.62 bits per heavy atom. The van der Waals surface area contributed by atoms with Crippen molar-refractivity contribution in [3.05, 3.63) is 0 Å². The summed E-state index contributed by atoms with van der Waals surface area (Å²) in [6, 6.07) is 0. The van der Waals surface area contributed by atoms with Crippen LogP contribution in [0.2, 0.25) is 0 Å². The molecule has 0 aliphatic heterocycles. The Bertz CT molecular complexity index is 206. The molecule has 0 heterocycles. The number of nitrogens with one attached hydrogen (secondary N) is 1. The predicted octanol–water partition coefficient (Wildman–Crippen LogP) is 1.08. The molecule has 0 aromatic carbocycles. The van der Waals surface area contributed by atoms with Gasteiger partial charge in [0, 0.05) is 20.1 Å². The molecule has 1 amide bonds. The fraction of sp³-hybridized carbons (Fsp3) is 0.750. The van der Waals surface area contributed by atoms with Crippen LogP contribution in [0.15, 0.2) is 0 Å². The van der Waals surface area contributed by atoms with E-state index in [0.717, 1.165) is 0 Å². The van der Waals surface area contributed by atoms with E-state index in [1.165, 1.54) is 6.92 Å². The molecule has 5 heteroatoms.